The van der Waals surface area contributed by atoms with Crippen LogP contribution in [-0.4, -0.2) is 74.3 Å². The number of carbonyl (C=O) groups excluding carboxylic acids is 3. The number of esters is 1. The largest absolute Gasteiger partial charge is 0.456 e. The summed E-state index contributed by atoms with van der Waals surface area (Å²) in [7, 11) is -3.60. The van der Waals surface area contributed by atoms with Crippen LogP contribution in [0.4, 0.5) is 0 Å². The van der Waals surface area contributed by atoms with Gasteiger partial charge in [0.05, 0.1) is 11.3 Å². The topological polar surface area (TPSA) is 101 Å². The predicted molar refractivity (Wildman–Crippen MR) is 125 cm³/mol. The molecule has 33 heavy (non-hydrogen) atoms. The molecule has 0 aromatic heterocycles. The van der Waals surface area contributed by atoms with Gasteiger partial charge in [0.25, 0.3) is 5.91 Å². The first-order chi connectivity index (χ1) is 15.8. The number of sulfonamides is 1. The van der Waals surface area contributed by atoms with Crippen LogP contribution < -0.4 is 0 Å². The maximum Gasteiger partial charge on any atom is 0.306 e. The van der Waals surface area contributed by atoms with E-state index in [9.17, 15) is 22.8 Å². The van der Waals surface area contributed by atoms with Crippen LogP contribution >= 0.6 is 11.8 Å². The second kappa shape index (κ2) is 11.4. The molecular weight excluding hydrogens is 464 g/mol. The zero-order valence-corrected chi connectivity index (χ0v) is 19.9. The second-order valence-electron chi connectivity index (χ2n) is 7.41. The van der Waals surface area contributed by atoms with Crippen LogP contribution in [0.5, 0.6) is 0 Å². The quantitative estimate of drug-likeness (QED) is 0.302. The van der Waals surface area contributed by atoms with Gasteiger partial charge < -0.3 is 9.64 Å². The molecule has 1 amide bonds. The summed E-state index contributed by atoms with van der Waals surface area (Å²) in [5.74, 6) is -1.18. The third-order valence-corrected chi connectivity index (χ3v) is 7.95. The Bertz CT molecular complexity index is 1080. The standard InChI is InChI=1S/C23H26N2O6S2/c1-32-19-9-7-18(8-10-19)21(26)11-12-23(28)31-17-22(27)24-13-15-25(16-14-24)33(29,30)20-5-3-2-4-6-20/h2-10H,11-17H2,1H3. The average Bonchev–Trinajstić information content (AvgIpc) is 2.86. The summed E-state index contributed by atoms with van der Waals surface area (Å²) in [6.45, 7) is 0.336. The van der Waals surface area contributed by atoms with Gasteiger partial charge >= 0.3 is 5.97 Å². The van der Waals surface area contributed by atoms with Crippen LogP contribution in [0.2, 0.25) is 0 Å². The van der Waals surface area contributed by atoms with Crippen LogP contribution in [0.15, 0.2) is 64.4 Å². The highest BCUT2D eigenvalue weighted by molar-refractivity contribution is 7.98. The van der Waals surface area contributed by atoms with Gasteiger partial charge in [0.2, 0.25) is 10.0 Å². The highest BCUT2D eigenvalue weighted by Crippen LogP contribution is 2.18. The van der Waals surface area contributed by atoms with Crippen molar-refractivity contribution >= 4 is 39.4 Å². The molecule has 0 N–H and O–H groups in total. The lowest BCUT2D eigenvalue weighted by Crippen LogP contribution is -2.51. The van der Waals surface area contributed by atoms with Crippen molar-refractivity contribution < 1.29 is 27.5 Å². The summed E-state index contributed by atoms with van der Waals surface area (Å²) < 4.78 is 31.7. The van der Waals surface area contributed by atoms with Crippen molar-refractivity contribution in [2.75, 3.05) is 39.0 Å². The molecule has 0 aliphatic carbocycles. The van der Waals surface area contributed by atoms with Gasteiger partial charge in [-0.1, -0.05) is 30.3 Å². The van der Waals surface area contributed by atoms with E-state index in [4.69, 9.17) is 4.74 Å². The number of hydrogen-bond acceptors (Lipinski definition) is 7. The number of ether oxygens (including phenoxy) is 1. The summed E-state index contributed by atoms with van der Waals surface area (Å²) in [5, 5.41) is 0. The van der Waals surface area contributed by atoms with E-state index in [1.807, 2.05) is 18.4 Å². The van der Waals surface area contributed by atoms with Gasteiger partial charge in [0, 0.05) is 43.1 Å². The van der Waals surface area contributed by atoms with Crippen LogP contribution in [-0.2, 0) is 24.3 Å². The van der Waals surface area contributed by atoms with Crippen LogP contribution in [0.3, 0.4) is 0 Å². The molecule has 8 nitrogen and oxygen atoms in total. The van der Waals surface area contributed by atoms with E-state index in [0.717, 1.165) is 4.90 Å². The third-order valence-electron chi connectivity index (χ3n) is 5.30. The Morgan fingerprint density at radius 3 is 2.15 bits per heavy atom. The van der Waals surface area contributed by atoms with Gasteiger partial charge in [0.15, 0.2) is 12.4 Å². The van der Waals surface area contributed by atoms with Gasteiger partial charge in [-0.25, -0.2) is 8.42 Å². The van der Waals surface area contributed by atoms with E-state index in [-0.39, 0.29) is 55.6 Å². The Morgan fingerprint density at radius 1 is 0.909 bits per heavy atom. The lowest BCUT2D eigenvalue weighted by Gasteiger charge is -2.33. The molecule has 1 fully saturated rings. The Labute approximate surface area is 197 Å². The monoisotopic (exact) mass is 490 g/mol. The Kier molecular flexibility index (Phi) is 8.65. The van der Waals surface area contributed by atoms with Crippen LogP contribution in [0.25, 0.3) is 0 Å². The fraction of sp³-hybridized carbons (Fsp3) is 0.348. The number of ketones is 1. The number of benzene rings is 2. The molecule has 0 atom stereocenters. The molecule has 0 spiro atoms. The average molecular weight is 491 g/mol. The highest BCUT2D eigenvalue weighted by Gasteiger charge is 2.30. The predicted octanol–water partition coefficient (Wildman–Crippen LogP) is 2.45. The Hall–Kier alpha value is -2.69. The van der Waals surface area contributed by atoms with Crippen molar-refractivity contribution in [3.8, 4) is 0 Å². The summed E-state index contributed by atoms with van der Waals surface area (Å²) in [5.41, 5.74) is 0.528. The zero-order valence-electron chi connectivity index (χ0n) is 18.3. The van der Waals surface area contributed by atoms with Crippen molar-refractivity contribution in [3.63, 3.8) is 0 Å². The number of rotatable bonds is 9. The summed E-state index contributed by atoms with van der Waals surface area (Å²) in [6, 6.07) is 15.3. The van der Waals surface area contributed by atoms with E-state index in [0.29, 0.717) is 5.56 Å². The summed E-state index contributed by atoms with van der Waals surface area (Å²) >= 11 is 1.57. The maximum absolute atomic E-state index is 12.7. The molecule has 3 rings (SSSR count). The summed E-state index contributed by atoms with van der Waals surface area (Å²) in [4.78, 5) is 39.3. The fourth-order valence-electron chi connectivity index (χ4n) is 3.36. The van der Waals surface area contributed by atoms with E-state index < -0.39 is 22.6 Å². The highest BCUT2D eigenvalue weighted by atomic mass is 32.2. The molecular formula is C23H26N2O6S2. The van der Waals surface area contributed by atoms with Crippen molar-refractivity contribution in [1.29, 1.82) is 0 Å². The van der Waals surface area contributed by atoms with Crippen molar-refractivity contribution in [1.82, 2.24) is 9.21 Å². The van der Waals surface area contributed by atoms with E-state index in [1.54, 1.807) is 42.1 Å². The van der Waals surface area contributed by atoms with Gasteiger partial charge in [-0.3, -0.25) is 14.4 Å². The lowest BCUT2D eigenvalue weighted by atomic mass is 10.1. The molecule has 1 aliphatic rings. The van der Waals surface area contributed by atoms with Gasteiger partial charge in [-0.2, -0.15) is 4.31 Å². The van der Waals surface area contributed by atoms with Crippen LogP contribution in [0.1, 0.15) is 23.2 Å². The Balaban J connectivity index is 1.40. The van der Waals surface area contributed by atoms with E-state index in [2.05, 4.69) is 0 Å². The molecule has 176 valence electrons. The number of piperazine rings is 1. The molecule has 10 heteroatoms. The molecule has 1 heterocycles. The normalized spacial score (nSPS) is 14.6. The fourth-order valence-corrected chi connectivity index (χ4v) is 5.21. The molecule has 0 radical (unpaired) electrons. The molecule has 2 aromatic rings. The minimum absolute atomic E-state index is 0.00164. The van der Waals surface area contributed by atoms with Crippen LogP contribution in [0, 0.1) is 0 Å². The molecule has 0 unspecified atom stereocenters. The number of amides is 1. The first-order valence-electron chi connectivity index (χ1n) is 10.5. The maximum atomic E-state index is 12.7. The first-order valence-corrected chi connectivity index (χ1v) is 13.1. The second-order valence-corrected chi connectivity index (χ2v) is 10.2. The van der Waals surface area contributed by atoms with E-state index in [1.165, 1.54) is 21.3 Å². The molecule has 1 aliphatic heterocycles. The number of thioether (sulfide) groups is 1. The SMILES string of the molecule is CSc1ccc(C(=O)CCC(=O)OCC(=O)N2CCN(S(=O)(=O)c3ccccc3)CC2)cc1. The summed E-state index contributed by atoms with van der Waals surface area (Å²) in [6.07, 6.45) is 1.84. The van der Waals surface area contributed by atoms with E-state index >= 15 is 0 Å². The molecule has 0 saturated carbocycles. The van der Waals surface area contributed by atoms with Crippen molar-refractivity contribution in [2.45, 2.75) is 22.6 Å². The Morgan fingerprint density at radius 2 is 1.55 bits per heavy atom. The van der Waals surface area contributed by atoms with Gasteiger partial charge in [0.1, 0.15) is 0 Å². The minimum atomic E-state index is -3.60. The lowest BCUT2D eigenvalue weighted by molar-refractivity contribution is -0.152. The van der Waals surface area contributed by atoms with Gasteiger partial charge in [-0.15, -0.1) is 11.8 Å². The molecule has 0 bridgehead atoms. The number of hydrogen-bond donors (Lipinski definition) is 0. The number of carbonyl (C=O) groups is 3. The van der Waals surface area contributed by atoms with Crippen molar-refractivity contribution in [3.05, 3.63) is 60.2 Å². The third kappa shape index (κ3) is 6.66. The molecule has 2 aromatic carbocycles. The number of nitrogens with zero attached hydrogens (tertiary/aromatic N) is 2. The van der Waals surface area contributed by atoms with Gasteiger partial charge in [-0.05, 0) is 30.5 Å². The number of Topliss-reactive ketones (excluding diaryl/α,β-unsaturated/α-hetero) is 1. The zero-order chi connectivity index (χ0) is 23.8. The smallest absolute Gasteiger partial charge is 0.306 e. The molecule has 1 saturated heterocycles. The minimum Gasteiger partial charge on any atom is -0.456 e. The van der Waals surface area contributed by atoms with Crippen molar-refractivity contribution in [2.24, 2.45) is 0 Å². The first kappa shape index (κ1) is 24.9.